The van der Waals surface area contributed by atoms with Gasteiger partial charge in [-0.05, 0) is 24.3 Å². The van der Waals surface area contributed by atoms with Gasteiger partial charge in [0.15, 0.2) is 0 Å². The Labute approximate surface area is 91.0 Å². The second-order valence-corrected chi connectivity index (χ2v) is 3.21. The highest BCUT2D eigenvalue weighted by atomic mass is 19.3. The molecule has 0 saturated heterocycles. The molecule has 5 heteroatoms. The summed E-state index contributed by atoms with van der Waals surface area (Å²) in [4.78, 5) is 3.05. The van der Waals surface area contributed by atoms with Crippen LogP contribution in [-0.4, -0.2) is 24.8 Å². The van der Waals surface area contributed by atoms with Crippen molar-refractivity contribution in [2.45, 2.75) is 6.61 Å². The van der Waals surface area contributed by atoms with Crippen LogP contribution in [0.3, 0.4) is 0 Å². The molecule has 1 aromatic heterocycles. The van der Waals surface area contributed by atoms with Gasteiger partial charge in [-0.15, -0.1) is 0 Å². The molecule has 0 aliphatic carbocycles. The number of benzene rings is 1. The topological polar surface area (TPSA) is 34.2 Å². The molecule has 2 rings (SSSR count). The Bertz CT molecular complexity index is 456. The van der Waals surface area contributed by atoms with Crippen LogP contribution in [0.15, 0.2) is 30.5 Å². The number of hydrogen-bond donors (Lipinski definition) is 1. The van der Waals surface area contributed by atoms with E-state index in [1.54, 1.807) is 6.07 Å². The van der Waals surface area contributed by atoms with Gasteiger partial charge in [0.05, 0.1) is 6.61 Å². The number of ether oxygens (including phenoxy) is 2. The molecule has 3 nitrogen and oxygen atoms in total. The Morgan fingerprint density at radius 1 is 1.19 bits per heavy atom. The highest BCUT2D eigenvalue weighted by Crippen LogP contribution is 2.19. The fraction of sp³-hybridized carbons (Fsp3) is 0.273. The molecule has 86 valence electrons. The zero-order valence-corrected chi connectivity index (χ0v) is 8.45. The maximum Gasteiger partial charge on any atom is 0.345 e. The molecule has 0 unspecified atom stereocenters. The number of halogens is 2. The van der Waals surface area contributed by atoms with Gasteiger partial charge in [-0.2, -0.15) is 8.78 Å². The third-order valence-electron chi connectivity index (χ3n) is 2.12. The summed E-state index contributed by atoms with van der Waals surface area (Å²) in [6, 6.07) is 7.41. The molecule has 1 aromatic carbocycles. The van der Waals surface area contributed by atoms with Gasteiger partial charge in [0.2, 0.25) is 0 Å². The lowest BCUT2D eigenvalue weighted by Gasteiger charge is -2.06. The minimum absolute atomic E-state index is 0.111. The number of rotatable bonds is 5. The second kappa shape index (κ2) is 4.94. The zero-order valence-electron chi connectivity index (χ0n) is 8.45. The lowest BCUT2D eigenvalue weighted by Crippen LogP contribution is -2.09. The van der Waals surface area contributed by atoms with Gasteiger partial charge in [0.1, 0.15) is 12.4 Å². The summed E-state index contributed by atoms with van der Waals surface area (Å²) in [7, 11) is 0. The van der Waals surface area contributed by atoms with Crippen molar-refractivity contribution in [1.29, 1.82) is 0 Å². The van der Waals surface area contributed by atoms with Gasteiger partial charge in [-0.3, -0.25) is 0 Å². The highest BCUT2D eigenvalue weighted by Gasteiger charge is 2.01. The second-order valence-electron chi connectivity index (χ2n) is 3.21. The average molecular weight is 227 g/mol. The fourth-order valence-electron chi connectivity index (χ4n) is 1.42. The predicted molar refractivity (Wildman–Crippen MR) is 55.7 cm³/mol. The summed E-state index contributed by atoms with van der Waals surface area (Å²) in [5.74, 6) is 0.643. The van der Waals surface area contributed by atoms with Crippen molar-refractivity contribution in [3.05, 3.63) is 30.5 Å². The van der Waals surface area contributed by atoms with Gasteiger partial charge in [-0.25, -0.2) is 0 Å². The minimum atomic E-state index is -2.74. The molecule has 0 saturated carbocycles. The SMILES string of the molecule is FC(F)OCCOc1ccc2[nH]ccc2c1. The van der Waals surface area contributed by atoms with E-state index in [1.165, 1.54) is 0 Å². The van der Waals surface area contributed by atoms with E-state index in [9.17, 15) is 8.78 Å². The molecule has 0 aliphatic heterocycles. The first-order chi connectivity index (χ1) is 7.75. The smallest absolute Gasteiger partial charge is 0.345 e. The molecule has 0 atom stereocenters. The van der Waals surface area contributed by atoms with Gasteiger partial charge >= 0.3 is 6.61 Å². The van der Waals surface area contributed by atoms with Crippen LogP contribution in [0.4, 0.5) is 8.78 Å². The van der Waals surface area contributed by atoms with Crippen LogP contribution in [0, 0.1) is 0 Å². The van der Waals surface area contributed by atoms with E-state index >= 15 is 0 Å². The van der Waals surface area contributed by atoms with Gasteiger partial charge in [-0.1, -0.05) is 0 Å². The molecular formula is C11H11F2NO2. The molecule has 0 fully saturated rings. The number of H-pyrrole nitrogens is 1. The molecule has 0 aliphatic rings. The Kier molecular flexibility index (Phi) is 3.36. The summed E-state index contributed by atoms with van der Waals surface area (Å²) in [5, 5.41) is 1.02. The van der Waals surface area contributed by atoms with Crippen molar-refractivity contribution in [3.63, 3.8) is 0 Å². The number of fused-ring (bicyclic) bond motifs is 1. The number of aromatic amines is 1. The van der Waals surface area contributed by atoms with E-state index < -0.39 is 6.61 Å². The van der Waals surface area contributed by atoms with E-state index in [2.05, 4.69) is 9.72 Å². The Morgan fingerprint density at radius 2 is 2.06 bits per heavy atom. The molecule has 1 N–H and O–H groups in total. The summed E-state index contributed by atoms with van der Waals surface area (Å²) >= 11 is 0. The Morgan fingerprint density at radius 3 is 2.88 bits per heavy atom. The van der Waals surface area contributed by atoms with Crippen molar-refractivity contribution in [1.82, 2.24) is 4.98 Å². The molecule has 0 radical (unpaired) electrons. The van der Waals surface area contributed by atoms with E-state index in [0.717, 1.165) is 10.9 Å². The predicted octanol–water partition coefficient (Wildman–Crippen LogP) is 2.79. The van der Waals surface area contributed by atoms with Crippen LogP contribution in [0.1, 0.15) is 0 Å². The van der Waals surface area contributed by atoms with Crippen LogP contribution in [0.2, 0.25) is 0 Å². The standard InChI is InChI=1S/C11H11F2NO2/c12-11(13)16-6-5-15-9-1-2-10-8(7-9)3-4-14-10/h1-4,7,11,14H,5-6H2. The summed E-state index contributed by atoms with van der Waals surface area (Å²) in [6.07, 6.45) is 1.83. The van der Waals surface area contributed by atoms with Crippen molar-refractivity contribution in [2.75, 3.05) is 13.2 Å². The van der Waals surface area contributed by atoms with Crippen molar-refractivity contribution in [2.24, 2.45) is 0 Å². The monoisotopic (exact) mass is 227 g/mol. The average Bonchev–Trinajstić information content (AvgIpc) is 2.71. The van der Waals surface area contributed by atoms with Crippen molar-refractivity contribution >= 4 is 10.9 Å². The van der Waals surface area contributed by atoms with E-state index in [1.807, 2.05) is 24.4 Å². The lowest BCUT2D eigenvalue weighted by atomic mass is 10.2. The van der Waals surface area contributed by atoms with Crippen LogP contribution in [0.25, 0.3) is 10.9 Å². The third kappa shape index (κ3) is 2.70. The first-order valence-electron chi connectivity index (χ1n) is 4.85. The highest BCUT2D eigenvalue weighted by molar-refractivity contribution is 5.80. The lowest BCUT2D eigenvalue weighted by molar-refractivity contribution is -0.133. The Balaban J connectivity index is 1.89. The van der Waals surface area contributed by atoms with Gasteiger partial charge in [0, 0.05) is 17.1 Å². The van der Waals surface area contributed by atoms with Crippen LogP contribution in [0.5, 0.6) is 5.75 Å². The quantitative estimate of drug-likeness (QED) is 0.797. The van der Waals surface area contributed by atoms with E-state index in [0.29, 0.717) is 5.75 Å². The molecule has 1 heterocycles. The largest absolute Gasteiger partial charge is 0.491 e. The fourth-order valence-corrected chi connectivity index (χ4v) is 1.42. The van der Waals surface area contributed by atoms with Gasteiger partial charge in [0.25, 0.3) is 0 Å². The van der Waals surface area contributed by atoms with Crippen LogP contribution >= 0.6 is 0 Å². The Hall–Kier alpha value is -1.62. The van der Waals surface area contributed by atoms with Gasteiger partial charge < -0.3 is 14.5 Å². The van der Waals surface area contributed by atoms with Crippen LogP contribution < -0.4 is 4.74 Å². The maximum absolute atomic E-state index is 11.6. The first-order valence-corrected chi connectivity index (χ1v) is 4.85. The number of nitrogens with one attached hydrogen (secondary N) is 1. The molecular weight excluding hydrogens is 216 g/mol. The zero-order chi connectivity index (χ0) is 11.4. The minimum Gasteiger partial charge on any atom is -0.491 e. The number of hydrogen-bond acceptors (Lipinski definition) is 2. The first kappa shape index (κ1) is 10.9. The molecule has 0 bridgehead atoms. The maximum atomic E-state index is 11.6. The molecule has 0 spiro atoms. The number of aromatic nitrogens is 1. The molecule has 0 amide bonds. The third-order valence-corrected chi connectivity index (χ3v) is 2.12. The van der Waals surface area contributed by atoms with E-state index in [4.69, 9.17) is 4.74 Å². The summed E-state index contributed by atoms with van der Waals surface area (Å²) in [5.41, 5.74) is 1.01. The van der Waals surface area contributed by atoms with Crippen LogP contribution in [-0.2, 0) is 4.74 Å². The summed E-state index contributed by atoms with van der Waals surface area (Å²) in [6.45, 7) is -2.75. The molecule has 2 aromatic rings. The normalized spacial score (nSPS) is 11.2. The van der Waals surface area contributed by atoms with Crippen molar-refractivity contribution < 1.29 is 18.3 Å². The number of alkyl halides is 2. The molecule has 16 heavy (non-hydrogen) atoms. The van der Waals surface area contributed by atoms with E-state index in [-0.39, 0.29) is 13.2 Å². The summed E-state index contributed by atoms with van der Waals surface area (Å²) < 4.78 is 32.6. The van der Waals surface area contributed by atoms with Crippen molar-refractivity contribution in [3.8, 4) is 5.75 Å².